The molecular formula is C7H12N4S. The minimum absolute atomic E-state index is 0.286. The Hall–Kier alpha value is -0.680. The van der Waals surface area contributed by atoms with Gasteiger partial charge >= 0.3 is 0 Å². The van der Waals surface area contributed by atoms with Crippen molar-refractivity contribution in [3.8, 4) is 0 Å². The summed E-state index contributed by atoms with van der Waals surface area (Å²) in [5.74, 6) is 0. The Morgan fingerprint density at radius 3 is 3.08 bits per heavy atom. The smallest absolute Gasteiger partial charge is 0.205 e. The SMILES string of the molecule is NC1CCCC1Nc1nncs1. The van der Waals surface area contributed by atoms with Crippen LogP contribution in [0.3, 0.4) is 0 Å². The van der Waals surface area contributed by atoms with Crippen molar-refractivity contribution in [2.24, 2.45) is 5.73 Å². The highest BCUT2D eigenvalue weighted by atomic mass is 32.1. The van der Waals surface area contributed by atoms with E-state index in [4.69, 9.17) is 5.73 Å². The molecule has 0 aliphatic heterocycles. The minimum Gasteiger partial charge on any atom is -0.356 e. The Morgan fingerprint density at radius 2 is 2.50 bits per heavy atom. The van der Waals surface area contributed by atoms with E-state index in [-0.39, 0.29) is 6.04 Å². The predicted octanol–water partition coefficient (Wildman–Crippen LogP) is 0.830. The van der Waals surface area contributed by atoms with Crippen LogP contribution in [0.1, 0.15) is 19.3 Å². The molecule has 5 heteroatoms. The summed E-state index contributed by atoms with van der Waals surface area (Å²) in [5.41, 5.74) is 7.61. The molecule has 1 aliphatic rings. The molecule has 12 heavy (non-hydrogen) atoms. The second kappa shape index (κ2) is 3.37. The largest absolute Gasteiger partial charge is 0.356 e. The van der Waals surface area contributed by atoms with Crippen LogP contribution in [-0.4, -0.2) is 22.3 Å². The highest BCUT2D eigenvalue weighted by molar-refractivity contribution is 7.13. The molecule has 1 aliphatic carbocycles. The molecule has 0 saturated heterocycles. The number of hydrogen-bond donors (Lipinski definition) is 2. The molecule has 0 amide bonds. The van der Waals surface area contributed by atoms with E-state index in [1.807, 2.05) is 0 Å². The van der Waals surface area contributed by atoms with Gasteiger partial charge in [-0.2, -0.15) is 0 Å². The van der Waals surface area contributed by atoms with Crippen molar-refractivity contribution in [2.45, 2.75) is 31.3 Å². The molecule has 1 aromatic heterocycles. The Bertz CT molecular complexity index is 236. The highest BCUT2D eigenvalue weighted by Crippen LogP contribution is 2.21. The fourth-order valence-corrected chi connectivity index (χ4v) is 2.07. The van der Waals surface area contributed by atoms with Crippen LogP contribution in [0.5, 0.6) is 0 Å². The summed E-state index contributed by atoms with van der Waals surface area (Å²) in [4.78, 5) is 0. The summed E-state index contributed by atoms with van der Waals surface area (Å²) < 4.78 is 0. The first-order valence-corrected chi connectivity index (χ1v) is 5.02. The van der Waals surface area contributed by atoms with Gasteiger partial charge in [-0.1, -0.05) is 11.3 Å². The standard InChI is InChI=1S/C7H12N4S/c8-5-2-1-3-6(5)10-7-11-9-4-12-7/h4-6H,1-3,8H2,(H,10,11). The van der Waals surface area contributed by atoms with Crippen LogP contribution >= 0.6 is 11.3 Å². The molecule has 1 fully saturated rings. The lowest BCUT2D eigenvalue weighted by molar-refractivity contribution is 0.636. The van der Waals surface area contributed by atoms with Crippen molar-refractivity contribution in [2.75, 3.05) is 5.32 Å². The normalized spacial score (nSPS) is 29.1. The zero-order valence-corrected chi connectivity index (χ0v) is 7.55. The Morgan fingerprint density at radius 1 is 1.58 bits per heavy atom. The van der Waals surface area contributed by atoms with Gasteiger partial charge in [-0.05, 0) is 19.3 Å². The van der Waals surface area contributed by atoms with Crippen LogP contribution in [-0.2, 0) is 0 Å². The third kappa shape index (κ3) is 1.56. The van der Waals surface area contributed by atoms with E-state index >= 15 is 0 Å². The van der Waals surface area contributed by atoms with E-state index in [0.717, 1.165) is 18.0 Å². The highest BCUT2D eigenvalue weighted by Gasteiger charge is 2.23. The van der Waals surface area contributed by atoms with Gasteiger partial charge in [0.05, 0.1) is 0 Å². The van der Waals surface area contributed by atoms with Crippen LogP contribution in [0.25, 0.3) is 0 Å². The molecule has 0 aromatic carbocycles. The maximum Gasteiger partial charge on any atom is 0.205 e. The van der Waals surface area contributed by atoms with Crippen molar-refractivity contribution < 1.29 is 0 Å². The number of rotatable bonds is 2. The second-order valence-corrected chi connectivity index (χ2v) is 3.92. The molecule has 1 aromatic rings. The van der Waals surface area contributed by atoms with Crippen molar-refractivity contribution >= 4 is 16.5 Å². The summed E-state index contributed by atoms with van der Waals surface area (Å²) in [6.07, 6.45) is 3.49. The molecular weight excluding hydrogens is 172 g/mol. The summed E-state index contributed by atoms with van der Waals surface area (Å²) in [7, 11) is 0. The van der Waals surface area contributed by atoms with Crippen molar-refractivity contribution in [1.82, 2.24) is 10.2 Å². The summed E-state index contributed by atoms with van der Waals surface area (Å²) in [6.45, 7) is 0. The number of nitrogens with one attached hydrogen (secondary N) is 1. The van der Waals surface area contributed by atoms with Gasteiger partial charge in [0.15, 0.2) is 0 Å². The van der Waals surface area contributed by atoms with E-state index in [2.05, 4.69) is 15.5 Å². The van der Waals surface area contributed by atoms with Crippen molar-refractivity contribution in [3.63, 3.8) is 0 Å². The summed E-state index contributed by atoms with van der Waals surface area (Å²) >= 11 is 1.52. The Labute approximate surface area is 75.2 Å². The second-order valence-electron chi connectivity index (χ2n) is 3.09. The van der Waals surface area contributed by atoms with E-state index in [1.54, 1.807) is 5.51 Å². The molecule has 3 N–H and O–H groups in total. The van der Waals surface area contributed by atoms with Crippen LogP contribution in [0, 0.1) is 0 Å². The van der Waals surface area contributed by atoms with Gasteiger partial charge in [0.1, 0.15) is 5.51 Å². The number of nitrogens with zero attached hydrogens (tertiary/aromatic N) is 2. The van der Waals surface area contributed by atoms with Gasteiger partial charge in [-0.3, -0.25) is 0 Å². The van der Waals surface area contributed by atoms with Crippen LogP contribution in [0.4, 0.5) is 5.13 Å². The van der Waals surface area contributed by atoms with E-state index in [1.165, 1.54) is 17.8 Å². The first-order valence-electron chi connectivity index (χ1n) is 4.14. The quantitative estimate of drug-likeness (QED) is 0.714. The molecule has 66 valence electrons. The molecule has 0 spiro atoms. The van der Waals surface area contributed by atoms with Gasteiger partial charge in [0, 0.05) is 12.1 Å². The number of aromatic nitrogens is 2. The molecule has 2 atom stereocenters. The predicted molar refractivity (Wildman–Crippen MR) is 49.1 cm³/mol. The van der Waals surface area contributed by atoms with Crippen LogP contribution < -0.4 is 11.1 Å². The van der Waals surface area contributed by atoms with Crippen LogP contribution in [0.15, 0.2) is 5.51 Å². The number of hydrogen-bond acceptors (Lipinski definition) is 5. The number of nitrogens with two attached hydrogens (primary N) is 1. The molecule has 1 saturated carbocycles. The first kappa shape index (κ1) is 7.94. The molecule has 2 unspecified atom stereocenters. The average Bonchev–Trinajstić information content (AvgIpc) is 2.65. The van der Waals surface area contributed by atoms with Gasteiger partial charge in [0.25, 0.3) is 0 Å². The zero-order chi connectivity index (χ0) is 8.39. The fourth-order valence-electron chi connectivity index (χ4n) is 1.56. The average molecular weight is 184 g/mol. The third-order valence-corrected chi connectivity index (χ3v) is 2.86. The van der Waals surface area contributed by atoms with Gasteiger partial charge in [-0.25, -0.2) is 0 Å². The molecule has 2 rings (SSSR count). The third-order valence-electron chi connectivity index (χ3n) is 2.24. The number of anilines is 1. The summed E-state index contributed by atoms with van der Waals surface area (Å²) in [5, 5.41) is 11.8. The van der Waals surface area contributed by atoms with Crippen molar-refractivity contribution in [3.05, 3.63) is 5.51 Å². The maximum atomic E-state index is 5.89. The monoisotopic (exact) mass is 184 g/mol. The lowest BCUT2D eigenvalue weighted by Gasteiger charge is -2.15. The zero-order valence-electron chi connectivity index (χ0n) is 6.73. The molecule has 0 radical (unpaired) electrons. The van der Waals surface area contributed by atoms with E-state index in [0.29, 0.717) is 6.04 Å². The minimum atomic E-state index is 0.286. The molecule has 1 heterocycles. The van der Waals surface area contributed by atoms with E-state index < -0.39 is 0 Å². The van der Waals surface area contributed by atoms with Gasteiger partial charge in [0.2, 0.25) is 5.13 Å². The Balaban J connectivity index is 1.95. The Kier molecular flexibility index (Phi) is 2.23. The summed E-state index contributed by atoms with van der Waals surface area (Å²) in [6, 6.07) is 0.687. The first-order chi connectivity index (χ1) is 5.86. The molecule has 4 nitrogen and oxygen atoms in total. The van der Waals surface area contributed by atoms with Gasteiger partial charge in [-0.15, -0.1) is 10.2 Å². The topological polar surface area (TPSA) is 63.8 Å². The maximum absolute atomic E-state index is 5.89. The lowest BCUT2D eigenvalue weighted by atomic mass is 10.2. The molecule has 0 bridgehead atoms. The fraction of sp³-hybridized carbons (Fsp3) is 0.714. The van der Waals surface area contributed by atoms with Gasteiger partial charge < -0.3 is 11.1 Å². The van der Waals surface area contributed by atoms with E-state index in [9.17, 15) is 0 Å². The lowest BCUT2D eigenvalue weighted by Crippen LogP contribution is -2.35. The van der Waals surface area contributed by atoms with Crippen molar-refractivity contribution in [1.29, 1.82) is 0 Å². The van der Waals surface area contributed by atoms with Crippen LogP contribution in [0.2, 0.25) is 0 Å².